The lowest BCUT2D eigenvalue weighted by atomic mass is 10.1. The maximum atomic E-state index is 12.7. The van der Waals surface area contributed by atoms with E-state index in [0.29, 0.717) is 17.5 Å². The fourth-order valence-electron chi connectivity index (χ4n) is 4.12. The molecule has 168 valence electrons. The normalized spacial score (nSPS) is 16.2. The number of anilines is 3. The van der Waals surface area contributed by atoms with E-state index in [1.807, 2.05) is 36.4 Å². The van der Waals surface area contributed by atoms with Crippen LogP contribution in [0, 0.1) is 0 Å². The number of hydrogen-bond donors (Lipinski definition) is 1. The molecule has 0 bridgehead atoms. The van der Waals surface area contributed by atoms with Crippen molar-refractivity contribution in [2.75, 3.05) is 35.2 Å². The Morgan fingerprint density at radius 3 is 2.45 bits per heavy atom. The van der Waals surface area contributed by atoms with Crippen molar-refractivity contribution in [1.82, 2.24) is 24.7 Å². The summed E-state index contributed by atoms with van der Waals surface area (Å²) in [6.45, 7) is 4.48. The van der Waals surface area contributed by atoms with E-state index in [-0.39, 0.29) is 17.6 Å². The van der Waals surface area contributed by atoms with Crippen molar-refractivity contribution in [3.8, 4) is 22.6 Å². The quantitative estimate of drug-likeness (QED) is 0.505. The van der Waals surface area contributed by atoms with Gasteiger partial charge in [-0.2, -0.15) is 4.98 Å². The summed E-state index contributed by atoms with van der Waals surface area (Å²) in [7, 11) is 1.77. The van der Waals surface area contributed by atoms with E-state index in [2.05, 4.69) is 31.8 Å². The number of piperazine rings is 1. The van der Waals surface area contributed by atoms with Gasteiger partial charge < -0.3 is 20.1 Å². The van der Waals surface area contributed by atoms with Crippen LogP contribution in [-0.4, -0.2) is 50.4 Å². The zero-order chi connectivity index (χ0) is 22.9. The van der Waals surface area contributed by atoms with E-state index >= 15 is 0 Å². The third-order valence-corrected chi connectivity index (χ3v) is 5.90. The number of aromatic nitrogens is 5. The van der Waals surface area contributed by atoms with Crippen LogP contribution in [0.25, 0.3) is 22.6 Å². The Morgan fingerprint density at radius 2 is 1.79 bits per heavy atom. The molecule has 0 aliphatic carbocycles. The van der Waals surface area contributed by atoms with Gasteiger partial charge in [0.2, 0.25) is 11.8 Å². The molecule has 4 heterocycles. The third-order valence-electron chi connectivity index (χ3n) is 5.90. The Bertz CT molecular complexity index is 1320. The van der Waals surface area contributed by atoms with Crippen molar-refractivity contribution in [2.45, 2.75) is 13.0 Å². The minimum absolute atomic E-state index is 0.0510. The predicted octanol–water partition coefficient (Wildman–Crippen LogP) is 2.19. The van der Waals surface area contributed by atoms with E-state index < -0.39 is 0 Å². The predicted molar refractivity (Wildman–Crippen MR) is 126 cm³/mol. The summed E-state index contributed by atoms with van der Waals surface area (Å²) in [5, 5.41) is 3.86. The molecule has 2 N–H and O–H groups in total. The largest absolute Gasteiger partial charge is 0.368 e. The second-order valence-corrected chi connectivity index (χ2v) is 8.07. The van der Waals surface area contributed by atoms with Crippen molar-refractivity contribution >= 4 is 17.7 Å². The van der Waals surface area contributed by atoms with Crippen LogP contribution in [0.3, 0.4) is 0 Å². The molecule has 0 spiro atoms. The van der Waals surface area contributed by atoms with Crippen molar-refractivity contribution in [1.29, 1.82) is 0 Å². The average molecular weight is 444 g/mol. The van der Waals surface area contributed by atoms with Crippen LogP contribution >= 0.6 is 0 Å². The van der Waals surface area contributed by atoms with Gasteiger partial charge in [-0.3, -0.25) is 14.3 Å². The highest BCUT2D eigenvalue weighted by molar-refractivity contribution is 5.62. The van der Waals surface area contributed by atoms with E-state index in [9.17, 15) is 4.79 Å². The summed E-state index contributed by atoms with van der Waals surface area (Å²) >= 11 is 0. The molecule has 1 aliphatic rings. The molecule has 33 heavy (non-hydrogen) atoms. The summed E-state index contributed by atoms with van der Waals surface area (Å²) < 4.78 is 6.47. The van der Waals surface area contributed by atoms with Crippen LogP contribution in [0.1, 0.15) is 6.92 Å². The second kappa shape index (κ2) is 8.38. The molecule has 10 nitrogen and oxygen atoms in total. The number of nitrogens with two attached hydrogens (primary N) is 1. The molecule has 1 aromatic carbocycles. The zero-order valence-corrected chi connectivity index (χ0v) is 18.4. The molecule has 0 amide bonds. The van der Waals surface area contributed by atoms with Crippen LogP contribution in [-0.2, 0) is 7.05 Å². The van der Waals surface area contributed by atoms with Gasteiger partial charge in [-0.1, -0.05) is 5.16 Å². The van der Waals surface area contributed by atoms with E-state index in [4.69, 9.17) is 15.2 Å². The molecular weight excluding hydrogens is 420 g/mol. The fraction of sp³-hybridized carbons (Fsp3) is 0.261. The molecule has 0 radical (unpaired) electrons. The van der Waals surface area contributed by atoms with Crippen molar-refractivity contribution in [2.24, 2.45) is 7.05 Å². The molecule has 0 unspecified atom stereocenters. The maximum absolute atomic E-state index is 12.7. The Labute approximate surface area is 190 Å². The highest BCUT2D eigenvalue weighted by Gasteiger charge is 2.27. The van der Waals surface area contributed by atoms with Crippen molar-refractivity contribution in [3.05, 3.63) is 65.2 Å². The first kappa shape index (κ1) is 20.7. The lowest BCUT2D eigenvalue weighted by Crippen LogP contribution is -2.53. The van der Waals surface area contributed by atoms with Crippen LogP contribution < -0.4 is 21.1 Å². The first-order valence-electron chi connectivity index (χ1n) is 10.7. The number of benzene rings is 1. The van der Waals surface area contributed by atoms with Gasteiger partial charge >= 0.3 is 6.01 Å². The molecule has 1 atom stereocenters. The molecule has 1 aliphatic heterocycles. The molecule has 5 rings (SSSR count). The minimum atomic E-state index is -0.0841. The molecular formula is C23H24N8O2. The van der Waals surface area contributed by atoms with Gasteiger partial charge in [-0.25, -0.2) is 4.98 Å². The van der Waals surface area contributed by atoms with Crippen LogP contribution in [0.5, 0.6) is 0 Å². The molecule has 3 aromatic heterocycles. The van der Waals surface area contributed by atoms with E-state index in [1.54, 1.807) is 30.1 Å². The number of hydrogen-bond acceptors (Lipinski definition) is 9. The van der Waals surface area contributed by atoms with E-state index in [0.717, 1.165) is 36.4 Å². The lowest BCUT2D eigenvalue weighted by molar-refractivity contribution is 0.437. The Morgan fingerprint density at radius 1 is 1.03 bits per heavy atom. The highest BCUT2D eigenvalue weighted by Crippen LogP contribution is 2.26. The first-order chi connectivity index (χ1) is 16.0. The van der Waals surface area contributed by atoms with Crippen molar-refractivity contribution < 1.29 is 4.52 Å². The SMILES string of the molecule is C[C@@H]1CN(c2ccc(-c3noc(N)n3)cc2)CCN1c1nc(-c2ccncc2)cc(=O)n1C. The Hall–Kier alpha value is -4.21. The Balaban J connectivity index is 1.36. The van der Waals surface area contributed by atoms with Gasteiger partial charge in [0, 0.05) is 68.0 Å². The topological polar surface area (TPSA) is 119 Å². The first-order valence-corrected chi connectivity index (χ1v) is 10.7. The molecule has 1 saturated heterocycles. The summed E-state index contributed by atoms with van der Waals surface area (Å²) in [6.07, 6.45) is 3.41. The smallest absolute Gasteiger partial charge is 0.319 e. The van der Waals surface area contributed by atoms with Crippen LogP contribution in [0.2, 0.25) is 0 Å². The lowest BCUT2D eigenvalue weighted by Gasteiger charge is -2.42. The Kier molecular flexibility index (Phi) is 5.25. The molecule has 0 saturated carbocycles. The van der Waals surface area contributed by atoms with Gasteiger partial charge in [0.15, 0.2) is 0 Å². The fourth-order valence-corrected chi connectivity index (χ4v) is 4.12. The number of nitrogen functional groups attached to an aromatic ring is 1. The number of pyridine rings is 1. The van der Waals surface area contributed by atoms with Crippen LogP contribution in [0.15, 0.2) is 64.2 Å². The highest BCUT2D eigenvalue weighted by atomic mass is 16.5. The van der Waals surface area contributed by atoms with Crippen molar-refractivity contribution in [3.63, 3.8) is 0 Å². The van der Waals surface area contributed by atoms with Gasteiger partial charge in [0.05, 0.1) is 5.69 Å². The van der Waals surface area contributed by atoms with Crippen LogP contribution in [0.4, 0.5) is 17.7 Å². The average Bonchev–Trinajstić information content (AvgIpc) is 3.28. The molecule has 4 aromatic rings. The van der Waals surface area contributed by atoms with Gasteiger partial charge in [0.1, 0.15) is 0 Å². The number of rotatable bonds is 4. The maximum Gasteiger partial charge on any atom is 0.319 e. The summed E-state index contributed by atoms with van der Waals surface area (Å²) in [6, 6.07) is 13.5. The monoisotopic (exact) mass is 444 g/mol. The summed E-state index contributed by atoms with van der Waals surface area (Å²) in [5.41, 5.74) is 8.92. The van der Waals surface area contributed by atoms with Gasteiger partial charge in [-0.05, 0) is 43.3 Å². The van der Waals surface area contributed by atoms with Gasteiger partial charge in [-0.15, -0.1) is 0 Å². The summed E-state index contributed by atoms with van der Waals surface area (Å²) in [4.78, 5) is 30.1. The molecule has 10 heteroatoms. The minimum Gasteiger partial charge on any atom is -0.368 e. The standard InChI is InChI=1S/C23H24N8O2/c1-15-14-30(18-5-3-17(4-6-18)21-27-22(24)33-28-21)11-12-31(15)23-26-19(13-20(32)29(23)2)16-7-9-25-10-8-16/h3-10,13,15H,11-12,14H2,1-2H3,(H2,24,27,28)/t15-/m1/s1. The third kappa shape index (κ3) is 4.02. The molecule has 1 fully saturated rings. The summed E-state index contributed by atoms with van der Waals surface area (Å²) in [5.74, 6) is 1.14. The zero-order valence-electron chi connectivity index (χ0n) is 18.4. The number of nitrogens with zero attached hydrogens (tertiary/aromatic N) is 7. The van der Waals surface area contributed by atoms with Gasteiger partial charge in [0.25, 0.3) is 5.56 Å². The second-order valence-electron chi connectivity index (χ2n) is 8.07. The van der Waals surface area contributed by atoms with E-state index in [1.165, 1.54) is 0 Å².